The van der Waals surface area contributed by atoms with E-state index in [2.05, 4.69) is 350 Å². The molecule has 6 aromatic carbocycles. The second-order valence-corrected chi connectivity index (χ2v) is 36.6. The minimum atomic E-state index is -2.16. The Hall–Kier alpha value is -12.0. The maximum Gasteiger partial charge on any atom is 0.103 e. The van der Waals surface area contributed by atoms with Crippen molar-refractivity contribution in [2.24, 2.45) is 0 Å². The molecule has 0 radical (unpaired) electrons. The maximum absolute atomic E-state index is 7.78. The minimum Gasteiger partial charge on any atom is -0.359 e. The summed E-state index contributed by atoms with van der Waals surface area (Å²) in [5, 5.41) is 0. The van der Waals surface area contributed by atoms with Gasteiger partial charge in [-0.2, -0.15) is 0 Å². The molecule has 0 fully saturated rings. The van der Waals surface area contributed by atoms with Crippen molar-refractivity contribution in [3.63, 3.8) is 0 Å². The SMILES string of the molecule is Cc1ccc2c(c1N1C=CN(C)[C@@H]1C)C(C)(C)c1cccnc1-2.Cc1ccc2c(c1N1C=CN(C)[C@@H]1C)C(C)(C)c1ccncc1-2.Cc1ccc2c(c1N1c3ccccc3N(C)[C@@H]1C)C(C)(C)c1cnccc1-2.[2H]C([2H])([2H])N1C=CN(c2c(C)ccc3c2C(C)(C)c2cccnc2-3)[C@H]1C.[2H]C([2H])([2H])N1C=CN(c2c(C)ccc3c2C(C)(C)c2cnccc2-3)[C@H]1C. The van der Waals surface area contributed by atoms with Crippen molar-refractivity contribution in [2.45, 2.75) is 196 Å². The average Bonchev–Trinajstić information content (AvgIpc) is 1.51. The van der Waals surface area contributed by atoms with Gasteiger partial charge >= 0.3 is 0 Å². The highest BCUT2D eigenvalue weighted by Crippen LogP contribution is 2.60. The molecule has 0 bridgehead atoms. The van der Waals surface area contributed by atoms with E-state index < -0.39 is 14.0 Å². The summed E-state index contributed by atoms with van der Waals surface area (Å²) in [7, 11) is 6.44. The van der Waals surface area contributed by atoms with Crippen LogP contribution in [0.3, 0.4) is 0 Å². The summed E-state index contributed by atoms with van der Waals surface area (Å²) in [6.45, 7) is 40.0. The molecule has 0 amide bonds. The molecule has 119 heavy (non-hydrogen) atoms. The molecule has 608 valence electrons. The highest BCUT2D eigenvalue weighted by Gasteiger charge is 2.48. The lowest BCUT2D eigenvalue weighted by Gasteiger charge is -2.34. The first-order valence-electron chi connectivity index (χ1n) is 45.0. The predicted molar refractivity (Wildman–Crippen MR) is 495 cm³/mol. The van der Waals surface area contributed by atoms with Crippen LogP contribution in [0, 0.1) is 34.6 Å². The normalized spacial score (nSPS) is 21.4. The fourth-order valence-corrected chi connectivity index (χ4v) is 20.9. The van der Waals surface area contributed by atoms with Gasteiger partial charge in [0.1, 0.15) is 30.8 Å². The van der Waals surface area contributed by atoms with Gasteiger partial charge in [-0.3, -0.25) is 24.9 Å². The first kappa shape index (κ1) is 72.3. The largest absolute Gasteiger partial charge is 0.359 e. The van der Waals surface area contributed by atoms with Gasteiger partial charge in [-0.1, -0.05) is 154 Å². The third kappa shape index (κ3) is 12.2. The topological polar surface area (TPSA) is 96.8 Å². The van der Waals surface area contributed by atoms with E-state index >= 15 is 0 Å². The number of pyridine rings is 5. The summed E-state index contributed by atoms with van der Waals surface area (Å²) in [5.74, 6) is 0. The number of para-hydroxylation sites is 2. The zero-order chi connectivity index (χ0) is 89.3. The Morgan fingerprint density at radius 3 is 1.01 bits per heavy atom. The number of aromatic nitrogens is 5. The van der Waals surface area contributed by atoms with Gasteiger partial charge in [-0.25, -0.2) is 0 Å². The minimum absolute atomic E-state index is 0.0102. The number of aryl methyl sites for hydroxylation is 5. The number of hydrogen-bond acceptors (Lipinski definition) is 15. The molecular formula is C104H117N15. The molecule has 0 spiro atoms. The van der Waals surface area contributed by atoms with Crippen molar-refractivity contribution < 1.29 is 8.22 Å². The van der Waals surface area contributed by atoms with E-state index in [4.69, 9.17) is 8.22 Å². The van der Waals surface area contributed by atoms with Crippen LogP contribution >= 0.6 is 0 Å². The van der Waals surface area contributed by atoms with Gasteiger partial charge in [0.25, 0.3) is 0 Å². The number of nitrogens with zero attached hydrogens (tertiary/aromatic N) is 15. The quantitative estimate of drug-likeness (QED) is 0.163. The second-order valence-electron chi connectivity index (χ2n) is 36.6. The Bertz CT molecular complexity index is 6000. The summed E-state index contributed by atoms with van der Waals surface area (Å²) >= 11 is 0. The van der Waals surface area contributed by atoms with Gasteiger partial charge < -0.3 is 49.0 Å². The third-order valence-electron chi connectivity index (χ3n) is 27.9. The molecule has 5 aliphatic heterocycles. The summed E-state index contributed by atoms with van der Waals surface area (Å²) in [4.78, 5) is 43.6. The fraction of sp³-hybridized carbons (Fsp3) is 0.337. The molecule has 5 aliphatic carbocycles. The van der Waals surface area contributed by atoms with E-state index in [1.165, 1.54) is 150 Å². The first-order chi connectivity index (χ1) is 59.1. The van der Waals surface area contributed by atoms with Crippen molar-refractivity contribution in [2.75, 3.05) is 64.5 Å². The Morgan fingerprint density at radius 2 is 0.613 bits per heavy atom. The zero-order valence-corrected chi connectivity index (χ0v) is 73.5. The highest BCUT2D eigenvalue weighted by molar-refractivity contribution is 5.95. The van der Waals surface area contributed by atoms with Crippen molar-refractivity contribution in [3.05, 3.63) is 310 Å². The molecule has 10 aliphatic rings. The molecule has 0 saturated carbocycles. The van der Waals surface area contributed by atoms with Gasteiger partial charge in [0, 0.05) is 186 Å². The van der Waals surface area contributed by atoms with Gasteiger partial charge in [0.2, 0.25) is 0 Å². The Morgan fingerprint density at radius 1 is 0.286 bits per heavy atom. The van der Waals surface area contributed by atoms with Crippen LogP contribution in [0.2, 0.25) is 0 Å². The van der Waals surface area contributed by atoms with Gasteiger partial charge in [0.15, 0.2) is 0 Å². The lowest BCUT2D eigenvalue weighted by atomic mass is 9.80. The number of benzene rings is 6. The smallest absolute Gasteiger partial charge is 0.103 e. The van der Waals surface area contributed by atoms with Crippen LogP contribution < -0.4 is 29.4 Å². The number of rotatable bonds is 5. The van der Waals surface area contributed by atoms with Crippen LogP contribution in [0.15, 0.2) is 227 Å². The molecule has 15 nitrogen and oxygen atoms in total. The van der Waals surface area contributed by atoms with E-state index in [-0.39, 0.29) is 45.6 Å². The van der Waals surface area contributed by atoms with Gasteiger partial charge in [0.05, 0.1) is 51.2 Å². The standard InChI is InChI=1S/C24H25N3.4C20H23N3/c1-15-10-11-18-17-12-13-25-14-19(17)24(3,4)22(18)23(15)27-16(2)26(5)20-8-6-7-9-21(20)27;1-13-6-7-16-15-8-9-21-12-17(15)20(3,4)18(16)19(13)23-11-10-22(5)14(23)2;1-13-6-7-15-16-12-21-9-8-17(16)20(3,4)18(15)19(13)23-11-10-22(5)14(23)2;2*1-13-8-9-15-17(19(13)23-12-11-22(5)14(23)2)20(3,4)16-7-6-10-21-18(15)16/h6-14,16H,1-5H3;4*6-12,14H,1-5H3/t16-;4*14-/m00000/s1/i;5D3;;5D3;. The van der Waals surface area contributed by atoms with Crippen LogP contribution in [0.4, 0.5) is 39.8 Å². The van der Waals surface area contributed by atoms with Crippen LogP contribution in [0.1, 0.15) is 196 Å². The van der Waals surface area contributed by atoms with Crippen molar-refractivity contribution >= 4 is 39.8 Å². The Balaban J connectivity index is 0.000000111. The molecule has 0 N–H and O–H groups in total. The monoisotopic (exact) mass is 1580 g/mol. The van der Waals surface area contributed by atoms with E-state index in [1.54, 1.807) is 12.4 Å². The zero-order valence-electron chi connectivity index (χ0n) is 79.5. The molecule has 21 rings (SSSR count). The Kier molecular flexibility index (Phi) is 17.6. The maximum atomic E-state index is 7.78. The van der Waals surface area contributed by atoms with E-state index in [9.17, 15) is 0 Å². The molecular weight excluding hydrogens is 1460 g/mol. The van der Waals surface area contributed by atoms with Crippen molar-refractivity contribution in [3.8, 4) is 55.9 Å². The second kappa shape index (κ2) is 28.9. The molecule has 15 heteroatoms. The number of hydrogen-bond donors (Lipinski definition) is 0. The number of anilines is 7. The summed E-state index contributed by atoms with van der Waals surface area (Å²) in [6, 6.07) is 45.6. The van der Waals surface area contributed by atoms with Crippen molar-refractivity contribution in [1.82, 2.24) is 44.5 Å². The fourth-order valence-electron chi connectivity index (χ4n) is 20.9. The molecule has 0 unspecified atom stereocenters. The molecule has 5 aromatic heterocycles. The predicted octanol–water partition coefficient (Wildman–Crippen LogP) is 22.7. The molecule has 0 saturated heterocycles. The number of fused-ring (bicyclic) bond motifs is 16. The lowest BCUT2D eigenvalue weighted by molar-refractivity contribution is 0.382. The summed E-state index contributed by atoms with van der Waals surface area (Å²) < 4.78 is 46.6. The van der Waals surface area contributed by atoms with E-state index in [0.717, 1.165) is 39.5 Å². The third-order valence-corrected chi connectivity index (χ3v) is 27.9. The van der Waals surface area contributed by atoms with Crippen LogP contribution in [0.5, 0.6) is 0 Å². The Labute approximate surface area is 715 Å². The average molecular weight is 1580 g/mol. The summed E-state index contributed by atoms with van der Waals surface area (Å²) in [6.07, 6.45) is 31.6. The van der Waals surface area contributed by atoms with Crippen molar-refractivity contribution in [1.29, 1.82) is 0 Å². The highest BCUT2D eigenvalue weighted by atomic mass is 15.4. The van der Waals surface area contributed by atoms with Gasteiger partial charge in [-0.05, 0) is 223 Å². The van der Waals surface area contributed by atoms with Crippen LogP contribution in [-0.2, 0) is 27.1 Å². The van der Waals surface area contributed by atoms with E-state index in [1.807, 2.05) is 88.0 Å². The molecule has 10 heterocycles. The van der Waals surface area contributed by atoms with Gasteiger partial charge in [-0.15, -0.1) is 0 Å². The van der Waals surface area contributed by atoms with Crippen LogP contribution in [0.25, 0.3) is 55.9 Å². The van der Waals surface area contributed by atoms with E-state index in [0.29, 0.717) is 12.3 Å². The van der Waals surface area contributed by atoms with Crippen LogP contribution in [-0.4, -0.2) is 110 Å². The molecule has 11 aromatic rings. The lowest BCUT2D eigenvalue weighted by Crippen LogP contribution is -2.37. The first-order valence-corrected chi connectivity index (χ1v) is 42.0. The summed E-state index contributed by atoms with van der Waals surface area (Å²) in [5.41, 5.74) is 39.9. The molecule has 5 atom stereocenters.